The number of oxazole rings is 1. The quantitative estimate of drug-likeness (QED) is 0.493. The molecule has 2 N–H and O–H groups in total. The normalized spacial score (nSPS) is 17.4. The Bertz CT molecular complexity index is 1410. The highest BCUT2D eigenvalue weighted by molar-refractivity contribution is 6.34. The van der Waals surface area contributed by atoms with Crippen LogP contribution in [0.1, 0.15) is 74.6 Å². The van der Waals surface area contributed by atoms with E-state index in [4.69, 9.17) is 16.0 Å². The van der Waals surface area contributed by atoms with Gasteiger partial charge >= 0.3 is 0 Å². The van der Waals surface area contributed by atoms with Crippen LogP contribution in [0.3, 0.4) is 0 Å². The average Bonchev–Trinajstić information content (AvgIpc) is 3.70. The maximum absolute atomic E-state index is 13.8. The highest BCUT2D eigenvalue weighted by atomic mass is 35.5. The summed E-state index contributed by atoms with van der Waals surface area (Å²) in [4.78, 5) is 30.9. The van der Waals surface area contributed by atoms with E-state index in [0.29, 0.717) is 18.5 Å². The molecule has 0 radical (unpaired) electrons. The van der Waals surface area contributed by atoms with Crippen LogP contribution in [0.4, 0.5) is 4.39 Å². The van der Waals surface area contributed by atoms with Gasteiger partial charge in [0.1, 0.15) is 28.6 Å². The standard InChI is InChI=1S/C25H26ClFN6O3/c1-24(2,3)19-11-18(33(32-19)14-4-5-14)23(35)30-17(22(34)31-25(12-28)6-7-25)10-20-29-16-9-13(27)8-15(26)21(16)36-20/h8-9,11,14,17H,4-7,10H2,1-3H3,(H,30,35)(H,31,34). The van der Waals surface area contributed by atoms with E-state index in [9.17, 15) is 19.2 Å². The fourth-order valence-corrected chi connectivity index (χ4v) is 4.19. The summed E-state index contributed by atoms with van der Waals surface area (Å²) in [5.41, 5.74) is 0.350. The number of carbonyl (C=O) groups excluding carboxylic acids is 2. The summed E-state index contributed by atoms with van der Waals surface area (Å²) in [7, 11) is 0. The van der Waals surface area contributed by atoms with Crippen molar-refractivity contribution in [3.05, 3.63) is 46.3 Å². The number of fused-ring (bicyclic) bond motifs is 1. The lowest BCUT2D eigenvalue weighted by molar-refractivity contribution is -0.123. The van der Waals surface area contributed by atoms with Gasteiger partial charge in [-0.15, -0.1) is 0 Å². The number of halogens is 2. The monoisotopic (exact) mass is 512 g/mol. The lowest BCUT2D eigenvalue weighted by atomic mass is 9.92. The first-order chi connectivity index (χ1) is 17.0. The van der Waals surface area contributed by atoms with E-state index in [-0.39, 0.29) is 39.9 Å². The number of benzene rings is 1. The first-order valence-corrected chi connectivity index (χ1v) is 12.2. The van der Waals surface area contributed by atoms with Crippen molar-refractivity contribution in [2.24, 2.45) is 0 Å². The number of rotatable bonds is 7. The lowest BCUT2D eigenvalue weighted by Crippen LogP contribution is -2.51. The van der Waals surface area contributed by atoms with E-state index in [2.05, 4.69) is 26.8 Å². The van der Waals surface area contributed by atoms with Crippen molar-refractivity contribution >= 4 is 34.5 Å². The Morgan fingerprint density at radius 2 is 2.06 bits per heavy atom. The van der Waals surface area contributed by atoms with E-state index < -0.39 is 29.2 Å². The molecule has 0 bridgehead atoms. The summed E-state index contributed by atoms with van der Waals surface area (Å²) in [6.45, 7) is 6.05. The van der Waals surface area contributed by atoms with Crippen LogP contribution in [0.25, 0.3) is 11.1 Å². The van der Waals surface area contributed by atoms with Gasteiger partial charge in [-0.2, -0.15) is 10.4 Å². The van der Waals surface area contributed by atoms with Gasteiger partial charge in [0.2, 0.25) is 5.91 Å². The van der Waals surface area contributed by atoms with Gasteiger partial charge in [-0.05, 0) is 37.8 Å². The second-order valence-corrected chi connectivity index (χ2v) is 11.0. The molecule has 2 aliphatic carbocycles. The van der Waals surface area contributed by atoms with Gasteiger partial charge in [-0.3, -0.25) is 14.3 Å². The maximum Gasteiger partial charge on any atom is 0.270 e. The number of aromatic nitrogens is 3. The zero-order valence-corrected chi connectivity index (χ0v) is 20.9. The van der Waals surface area contributed by atoms with Gasteiger partial charge in [0.05, 0.1) is 29.2 Å². The second-order valence-electron chi connectivity index (χ2n) is 10.6. The largest absolute Gasteiger partial charge is 0.439 e. The smallest absolute Gasteiger partial charge is 0.270 e. The predicted molar refractivity (Wildman–Crippen MR) is 129 cm³/mol. The van der Waals surface area contributed by atoms with Crippen molar-refractivity contribution in [3.8, 4) is 6.07 Å². The van der Waals surface area contributed by atoms with Gasteiger partial charge < -0.3 is 15.1 Å². The molecular formula is C25H26ClFN6O3. The van der Waals surface area contributed by atoms with E-state index >= 15 is 0 Å². The van der Waals surface area contributed by atoms with Crippen LogP contribution >= 0.6 is 11.6 Å². The molecule has 1 aromatic carbocycles. The molecule has 0 spiro atoms. The van der Waals surface area contributed by atoms with Crippen LogP contribution in [0, 0.1) is 17.1 Å². The third-order valence-electron chi connectivity index (χ3n) is 6.41. The Kier molecular flexibility index (Phi) is 5.79. The van der Waals surface area contributed by atoms with Crippen LogP contribution in [0.5, 0.6) is 0 Å². The topological polar surface area (TPSA) is 126 Å². The van der Waals surface area contributed by atoms with Crippen LogP contribution < -0.4 is 10.6 Å². The molecule has 0 aliphatic heterocycles. The van der Waals surface area contributed by atoms with E-state index in [1.807, 2.05) is 20.8 Å². The second kappa shape index (κ2) is 8.59. The third kappa shape index (κ3) is 4.80. The molecule has 5 rings (SSSR count). The summed E-state index contributed by atoms with van der Waals surface area (Å²) in [5, 5.41) is 19.7. The predicted octanol–water partition coefficient (Wildman–Crippen LogP) is 3.96. The van der Waals surface area contributed by atoms with Gasteiger partial charge in [0, 0.05) is 11.5 Å². The minimum absolute atomic E-state index is 0.0539. The fraction of sp³-hybridized carbons (Fsp3) is 0.480. The fourth-order valence-electron chi connectivity index (χ4n) is 3.95. The number of hydrogen-bond donors (Lipinski definition) is 2. The first-order valence-electron chi connectivity index (χ1n) is 11.9. The van der Waals surface area contributed by atoms with Crippen LogP contribution in [-0.4, -0.2) is 38.2 Å². The molecule has 36 heavy (non-hydrogen) atoms. The van der Waals surface area contributed by atoms with Crippen molar-refractivity contribution in [2.75, 3.05) is 0 Å². The zero-order chi connectivity index (χ0) is 25.8. The Morgan fingerprint density at radius 3 is 2.67 bits per heavy atom. The number of nitrogens with zero attached hydrogens (tertiary/aromatic N) is 4. The van der Waals surface area contributed by atoms with Gasteiger partial charge in [0.25, 0.3) is 5.91 Å². The summed E-state index contributed by atoms with van der Waals surface area (Å²) in [5.74, 6) is -1.46. The van der Waals surface area contributed by atoms with Crippen LogP contribution in [0.15, 0.2) is 22.6 Å². The van der Waals surface area contributed by atoms with Crippen molar-refractivity contribution < 1.29 is 18.4 Å². The number of amides is 2. The van der Waals surface area contributed by atoms with Crippen molar-refractivity contribution in [1.29, 1.82) is 5.26 Å². The Morgan fingerprint density at radius 1 is 1.33 bits per heavy atom. The summed E-state index contributed by atoms with van der Waals surface area (Å²) in [6.07, 6.45) is 2.82. The van der Waals surface area contributed by atoms with Crippen molar-refractivity contribution in [2.45, 2.75) is 75.9 Å². The SMILES string of the molecule is CC(C)(C)c1cc(C(=O)NC(Cc2nc3cc(F)cc(Cl)c3o2)C(=O)NC2(C#N)CC2)n(C2CC2)n1. The summed E-state index contributed by atoms with van der Waals surface area (Å²) >= 11 is 6.08. The van der Waals surface area contributed by atoms with E-state index in [0.717, 1.165) is 24.6 Å². The lowest BCUT2D eigenvalue weighted by Gasteiger charge is -2.19. The third-order valence-corrected chi connectivity index (χ3v) is 6.69. The van der Waals surface area contributed by atoms with Gasteiger partial charge in [-0.1, -0.05) is 32.4 Å². The number of nitriles is 1. The highest BCUT2D eigenvalue weighted by Crippen LogP contribution is 2.37. The molecule has 2 amide bonds. The molecule has 0 saturated heterocycles. The summed E-state index contributed by atoms with van der Waals surface area (Å²) in [6, 6.07) is 5.21. The minimum atomic E-state index is -1.10. The zero-order valence-electron chi connectivity index (χ0n) is 20.2. The maximum atomic E-state index is 13.8. The molecule has 2 saturated carbocycles. The number of carbonyl (C=O) groups is 2. The molecule has 2 heterocycles. The Balaban J connectivity index is 1.44. The molecule has 1 unspecified atom stereocenters. The molecule has 2 aromatic heterocycles. The van der Waals surface area contributed by atoms with Gasteiger partial charge in [-0.25, -0.2) is 9.37 Å². The van der Waals surface area contributed by atoms with Gasteiger partial charge in [0.15, 0.2) is 11.5 Å². The Hall–Kier alpha value is -3.45. The molecule has 9 nitrogen and oxygen atoms in total. The molecule has 1 atom stereocenters. The van der Waals surface area contributed by atoms with Crippen LogP contribution in [-0.2, 0) is 16.6 Å². The molecule has 2 fully saturated rings. The first kappa shape index (κ1) is 24.3. The molecular weight excluding hydrogens is 487 g/mol. The van der Waals surface area contributed by atoms with Crippen molar-refractivity contribution in [3.63, 3.8) is 0 Å². The average molecular weight is 513 g/mol. The number of hydrogen-bond acceptors (Lipinski definition) is 6. The van der Waals surface area contributed by atoms with Crippen molar-refractivity contribution in [1.82, 2.24) is 25.4 Å². The molecule has 11 heteroatoms. The molecule has 3 aromatic rings. The minimum Gasteiger partial charge on any atom is -0.439 e. The molecule has 188 valence electrons. The van der Waals surface area contributed by atoms with Crippen LogP contribution in [0.2, 0.25) is 5.02 Å². The van der Waals surface area contributed by atoms with E-state index in [1.165, 1.54) is 6.07 Å². The highest BCUT2D eigenvalue weighted by Gasteiger charge is 2.46. The summed E-state index contributed by atoms with van der Waals surface area (Å²) < 4.78 is 21.2. The number of nitrogens with one attached hydrogen (secondary N) is 2. The Labute approximate surface area is 212 Å². The molecule has 2 aliphatic rings. The van der Waals surface area contributed by atoms with E-state index in [1.54, 1.807) is 10.7 Å².